The predicted molar refractivity (Wildman–Crippen MR) is 82.6 cm³/mol. The Bertz CT molecular complexity index is 487. The largest absolute Gasteiger partial charge is 0.493 e. The highest BCUT2D eigenvalue weighted by molar-refractivity contribution is 5.75. The molecule has 0 spiro atoms. The molecule has 2 rings (SSSR count). The highest BCUT2D eigenvalue weighted by atomic mass is 16.5. The van der Waals surface area contributed by atoms with Gasteiger partial charge in [0.05, 0.1) is 13.7 Å². The van der Waals surface area contributed by atoms with Crippen LogP contribution in [0.1, 0.15) is 30.4 Å². The maximum Gasteiger partial charge on any atom is 0.323 e. The highest BCUT2D eigenvalue weighted by Gasteiger charge is 2.30. The maximum absolute atomic E-state index is 11.7. The van der Waals surface area contributed by atoms with Crippen LogP contribution in [0.25, 0.3) is 0 Å². The lowest BCUT2D eigenvalue weighted by Crippen LogP contribution is -2.37. The Labute approximate surface area is 127 Å². The lowest BCUT2D eigenvalue weighted by molar-refractivity contribution is -0.145. The van der Waals surface area contributed by atoms with Gasteiger partial charge in [0.25, 0.3) is 0 Å². The van der Waals surface area contributed by atoms with Crippen molar-refractivity contribution >= 4 is 5.97 Å². The molecule has 1 aliphatic heterocycles. The van der Waals surface area contributed by atoms with E-state index in [4.69, 9.17) is 9.47 Å². The quantitative estimate of drug-likeness (QED) is 0.597. The smallest absolute Gasteiger partial charge is 0.323 e. The molecular weight excluding hydrogens is 266 g/mol. The zero-order chi connectivity index (χ0) is 15.2. The number of benzene rings is 1. The normalized spacial score (nSPS) is 18.7. The third-order valence-electron chi connectivity index (χ3n) is 4.03. The second kappa shape index (κ2) is 7.46. The molecule has 0 amide bonds. The van der Waals surface area contributed by atoms with Crippen LogP contribution in [-0.4, -0.2) is 43.7 Å². The van der Waals surface area contributed by atoms with Crippen molar-refractivity contribution in [1.82, 2.24) is 4.90 Å². The lowest BCUT2D eigenvalue weighted by Gasteiger charge is -2.22. The Morgan fingerprint density at radius 2 is 2.19 bits per heavy atom. The molecule has 0 radical (unpaired) electrons. The minimum atomic E-state index is -0.108. The molecule has 4 nitrogen and oxygen atoms in total. The first-order valence-electron chi connectivity index (χ1n) is 7.63. The summed E-state index contributed by atoms with van der Waals surface area (Å²) in [5, 5.41) is 0. The van der Waals surface area contributed by atoms with Crippen LogP contribution >= 0.6 is 0 Å². The molecule has 1 aromatic carbocycles. The summed E-state index contributed by atoms with van der Waals surface area (Å²) >= 11 is 0. The van der Waals surface area contributed by atoms with Crippen molar-refractivity contribution < 1.29 is 14.3 Å². The number of aryl methyl sites for hydroxylation is 2. The first kappa shape index (κ1) is 15.8. The number of carbonyl (C=O) groups is 1. The summed E-state index contributed by atoms with van der Waals surface area (Å²) in [6.07, 6.45) is 2.89. The van der Waals surface area contributed by atoms with Gasteiger partial charge in [-0.3, -0.25) is 9.69 Å². The van der Waals surface area contributed by atoms with Crippen LogP contribution in [0.5, 0.6) is 5.75 Å². The molecule has 0 aromatic heterocycles. The number of methoxy groups -OCH3 is 1. The predicted octanol–water partition coefficient (Wildman–Crippen LogP) is 2.71. The third-order valence-corrected chi connectivity index (χ3v) is 4.03. The van der Waals surface area contributed by atoms with Crippen molar-refractivity contribution in [3.63, 3.8) is 0 Å². The van der Waals surface area contributed by atoms with Crippen molar-refractivity contribution in [3.8, 4) is 5.75 Å². The van der Waals surface area contributed by atoms with Gasteiger partial charge in [-0.05, 0) is 56.8 Å². The highest BCUT2D eigenvalue weighted by Crippen LogP contribution is 2.20. The van der Waals surface area contributed by atoms with Crippen molar-refractivity contribution in [2.45, 2.75) is 39.2 Å². The Morgan fingerprint density at radius 3 is 2.95 bits per heavy atom. The van der Waals surface area contributed by atoms with Gasteiger partial charge in [0.2, 0.25) is 0 Å². The van der Waals surface area contributed by atoms with Gasteiger partial charge in [-0.15, -0.1) is 0 Å². The average molecular weight is 291 g/mol. The molecule has 4 heteroatoms. The molecule has 1 saturated heterocycles. The van der Waals surface area contributed by atoms with Gasteiger partial charge in [0.1, 0.15) is 11.8 Å². The third kappa shape index (κ3) is 4.21. The van der Waals surface area contributed by atoms with E-state index in [1.165, 1.54) is 12.7 Å². The number of likely N-dealkylation sites (tertiary alicyclic amines) is 1. The van der Waals surface area contributed by atoms with Crippen molar-refractivity contribution in [1.29, 1.82) is 0 Å². The fourth-order valence-electron chi connectivity index (χ4n) is 2.81. The van der Waals surface area contributed by atoms with E-state index in [0.29, 0.717) is 6.61 Å². The summed E-state index contributed by atoms with van der Waals surface area (Å²) in [5.74, 6) is 0.851. The number of nitrogens with zero attached hydrogens (tertiary/aromatic N) is 1. The number of esters is 1. The van der Waals surface area contributed by atoms with Gasteiger partial charge in [0, 0.05) is 6.54 Å². The molecule has 1 aromatic rings. The molecular formula is C17H25NO3. The van der Waals surface area contributed by atoms with E-state index in [2.05, 4.69) is 36.9 Å². The standard InChI is InChI=1S/C17H25NO3/c1-13-7-8-14(2)16(12-13)21-11-5-10-18-9-4-6-15(18)17(19)20-3/h7-8,12,15H,4-6,9-11H2,1-3H3. The van der Waals surface area contributed by atoms with Gasteiger partial charge in [-0.25, -0.2) is 0 Å². The monoisotopic (exact) mass is 291 g/mol. The number of rotatable bonds is 6. The van der Waals surface area contributed by atoms with Crippen LogP contribution < -0.4 is 4.74 Å². The summed E-state index contributed by atoms with van der Waals surface area (Å²) in [4.78, 5) is 13.9. The average Bonchev–Trinajstić information content (AvgIpc) is 2.94. The molecule has 0 bridgehead atoms. The van der Waals surface area contributed by atoms with E-state index in [0.717, 1.165) is 43.7 Å². The maximum atomic E-state index is 11.7. The Balaban J connectivity index is 1.77. The number of hydrogen-bond donors (Lipinski definition) is 0. The van der Waals surface area contributed by atoms with Crippen molar-refractivity contribution in [3.05, 3.63) is 29.3 Å². The zero-order valence-corrected chi connectivity index (χ0v) is 13.2. The number of hydrogen-bond acceptors (Lipinski definition) is 4. The van der Waals surface area contributed by atoms with Crippen LogP contribution in [0.3, 0.4) is 0 Å². The molecule has 1 heterocycles. The zero-order valence-electron chi connectivity index (χ0n) is 13.2. The lowest BCUT2D eigenvalue weighted by atomic mass is 10.1. The summed E-state index contributed by atoms with van der Waals surface area (Å²) in [5.41, 5.74) is 2.37. The summed E-state index contributed by atoms with van der Waals surface area (Å²) < 4.78 is 10.7. The van der Waals surface area contributed by atoms with E-state index in [1.54, 1.807) is 0 Å². The van der Waals surface area contributed by atoms with E-state index >= 15 is 0 Å². The van der Waals surface area contributed by atoms with Gasteiger partial charge in [-0.1, -0.05) is 12.1 Å². The first-order valence-corrected chi connectivity index (χ1v) is 7.63. The molecule has 21 heavy (non-hydrogen) atoms. The van der Waals surface area contributed by atoms with Crippen LogP contribution in [-0.2, 0) is 9.53 Å². The number of carbonyl (C=O) groups excluding carboxylic acids is 1. The number of ether oxygens (including phenoxy) is 2. The first-order chi connectivity index (χ1) is 10.1. The van der Waals surface area contributed by atoms with Crippen LogP contribution in [0, 0.1) is 13.8 Å². The Kier molecular flexibility index (Phi) is 5.62. The topological polar surface area (TPSA) is 38.8 Å². The van der Waals surface area contributed by atoms with E-state index in [1.807, 2.05) is 0 Å². The van der Waals surface area contributed by atoms with Crippen molar-refractivity contribution in [2.75, 3.05) is 26.8 Å². The second-order valence-corrected chi connectivity index (χ2v) is 5.69. The SMILES string of the molecule is COC(=O)C1CCCN1CCCOc1cc(C)ccc1C. The summed E-state index contributed by atoms with van der Waals surface area (Å²) in [6, 6.07) is 6.18. The van der Waals surface area contributed by atoms with E-state index in [-0.39, 0.29) is 12.0 Å². The fraction of sp³-hybridized carbons (Fsp3) is 0.588. The van der Waals surface area contributed by atoms with Crippen LogP contribution in [0.2, 0.25) is 0 Å². The molecule has 0 aliphatic carbocycles. The van der Waals surface area contributed by atoms with Crippen LogP contribution in [0.15, 0.2) is 18.2 Å². The van der Waals surface area contributed by atoms with Gasteiger partial charge in [0.15, 0.2) is 0 Å². The molecule has 1 atom stereocenters. The summed E-state index contributed by atoms with van der Waals surface area (Å²) in [6.45, 7) is 6.66. The van der Waals surface area contributed by atoms with Gasteiger partial charge in [-0.2, -0.15) is 0 Å². The van der Waals surface area contributed by atoms with Gasteiger partial charge < -0.3 is 9.47 Å². The second-order valence-electron chi connectivity index (χ2n) is 5.69. The Hall–Kier alpha value is -1.55. The van der Waals surface area contributed by atoms with Gasteiger partial charge >= 0.3 is 5.97 Å². The fourth-order valence-corrected chi connectivity index (χ4v) is 2.81. The molecule has 1 aliphatic rings. The molecule has 116 valence electrons. The Morgan fingerprint density at radius 1 is 1.38 bits per heavy atom. The van der Waals surface area contributed by atoms with Crippen molar-refractivity contribution in [2.24, 2.45) is 0 Å². The molecule has 1 unspecified atom stereocenters. The molecule has 0 N–H and O–H groups in total. The van der Waals surface area contributed by atoms with E-state index < -0.39 is 0 Å². The minimum Gasteiger partial charge on any atom is -0.493 e. The summed E-state index contributed by atoms with van der Waals surface area (Å²) in [7, 11) is 1.46. The minimum absolute atomic E-state index is 0.0595. The van der Waals surface area contributed by atoms with E-state index in [9.17, 15) is 4.79 Å². The molecule has 1 fully saturated rings. The van der Waals surface area contributed by atoms with Crippen LogP contribution in [0.4, 0.5) is 0 Å². The molecule has 0 saturated carbocycles.